The fourth-order valence-electron chi connectivity index (χ4n) is 2.84. The molecule has 0 saturated heterocycles. The molecule has 1 aromatic heterocycles. The van der Waals surface area contributed by atoms with E-state index in [1.165, 1.54) is 12.1 Å². The molecule has 5 heteroatoms. The zero-order valence-electron chi connectivity index (χ0n) is 13.6. The SMILES string of the molecule is Cc1cc([C@@H](C)N)c2oc(-c3cccc(F)c3F)c(C)c(=O)c2c1. The molecule has 0 radical (unpaired) electrons. The Labute approximate surface area is 137 Å². The molecule has 0 unspecified atom stereocenters. The summed E-state index contributed by atoms with van der Waals surface area (Å²) in [5.74, 6) is -2.02. The average Bonchev–Trinajstić information content (AvgIpc) is 2.53. The van der Waals surface area contributed by atoms with Crippen LogP contribution in [0.3, 0.4) is 0 Å². The van der Waals surface area contributed by atoms with E-state index in [1.807, 2.05) is 13.0 Å². The van der Waals surface area contributed by atoms with Crippen LogP contribution >= 0.6 is 0 Å². The molecule has 2 aromatic carbocycles. The number of aryl methyl sites for hydroxylation is 1. The highest BCUT2D eigenvalue weighted by Crippen LogP contribution is 2.31. The van der Waals surface area contributed by atoms with E-state index < -0.39 is 11.6 Å². The average molecular weight is 329 g/mol. The van der Waals surface area contributed by atoms with Gasteiger partial charge >= 0.3 is 0 Å². The summed E-state index contributed by atoms with van der Waals surface area (Å²) in [4.78, 5) is 12.7. The number of nitrogens with two attached hydrogens (primary N) is 1. The maximum atomic E-state index is 14.2. The summed E-state index contributed by atoms with van der Waals surface area (Å²) in [5, 5.41) is 0.389. The van der Waals surface area contributed by atoms with Crippen LogP contribution in [-0.2, 0) is 0 Å². The molecule has 3 rings (SSSR count). The predicted octanol–water partition coefficient (Wildman–Crippen LogP) is 4.37. The molecule has 1 atom stereocenters. The van der Waals surface area contributed by atoms with E-state index in [-0.39, 0.29) is 28.4 Å². The van der Waals surface area contributed by atoms with Crippen LogP contribution in [-0.4, -0.2) is 0 Å². The van der Waals surface area contributed by atoms with Gasteiger partial charge in [0, 0.05) is 17.2 Å². The van der Waals surface area contributed by atoms with Gasteiger partial charge in [-0.2, -0.15) is 0 Å². The Morgan fingerprint density at radius 1 is 1.17 bits per heavy atom. The summed E-state index contributed by atoms with van der Waals surface area (Å²) < 4.78 is 33.6. The molecule has 124 valence electrons. The van der Waals surface area contributed by atoms with Crippen molar-refractivity contribution in [3.05, 3.63) is 68.9 Å². The van der Waals surface area contributed by atoms with E-state index >= 15 is 0 Å². The highest BCUT2D eigenvalue weighted by Gasteiger charge is 2.20. The molecule has 0 amide bonds. The first kappa shape index (κ1) is 16.3. The van der Waals surface area contributed by atoms with Crippen LogP contribution in [0.1, 0.15) is 29.7 Å². The molecule has 0 saturated carbocycles. The second kappa shape index (κ2) is 5.83. The highest BCUT2D eigenvalue weighted by atomic mass is 19.2. The van der Waals surface area contributed by atoms with Gasteiger partial charge in [0.25, 0.3) is 0 Å². The van der Waals surface area contributed by atoms with Crippen LogP contribution in [0.2, 0.25) is 0 Å². The van der Waals surface area contributed by atoms with Gasteiger partial charge < -0.3 is 10.2 Å². The zero-order valence-corrected chi connectivity index (χ0v) is 13.6. The van der Waals surface area contributed by atoms with Crippen molar-refractivity contribution in [3.63, 3.8) is 0 Å². The molecule has 3 aromatic rings. The summed E-state index contributed by atoms with van der Waals surface area (Å²) in [6.07, 6.45) is 0. The third kappa shape index (κ3) is 2.51. The number of rotatable bonds is 2. The van der Waals surface area contributed by atoms with Gasteiger partial charge in [0.05, 0.1) is 10.9 Å². The van der Waals surface area contributed by atoms with Crippen LogP contribution in [0.25, 0.3) is 22.3 Å². The van der Waals surface area contributed by atoms with Crippen molar-refractivity contribution in [1.29, 1.82) is 0 Å². The first-order valence-electron chi connectivity index (χ1n) is 7.59. The molecule has 0 fully saturated rings. The van der Waals surface area contributed by atoms with Gasteiger partial charge in [0.15, 0.2) is 17.1 Å². The fourth-order valence-corrected chi connectivity index (χ4v) is 2.84. The Balaban J connectivity index is 2.45. The van der Waals surface area contributed by atoms with Crippen molar-refractivity contribution in [2.24, 2.45) is 5.73 Å². The van der Waals surface area contributed by atoms with E-state index in [1.54, 1.807) is 19.9 Å². The van der Waals surface area contributed by atoms with Crippen molar-refractivity contribution < 1.29 is 13.2 Å². The molecule has 3 nitrogen and oxygen atoms in total. The van der Waals surface area contributed by atoms with Gasteiger partial charge in [-0.25, -0.2) is 8.78 Å². The zero-order chi connectivity index (χ0) is 17.6. The van der Waals surface area contributed by atoms with E-state index in [0.29, 0.717) is 16.5 Å². The molecule has 1 heterocycles. The standard InChI is InChI=1S/C19H17F2NO2/c1-9-7-13(11(3)22)19-14(8-9)17(23)10(2)18(24-19)12-5-4-6-15(20)16(12)21/h4-8,11H,22H2,1-3H3/t11-/m1/s1. The van der Waals surface area contributed by atoms with E-state index in [2.05, 4.69) is 0 Å². The lowest BCUT2D eigenvalue weighted by molar-refractivity contribution is 0.505. The van der Waals surface area contributed by atoms with Crippen molar-refractivity contribution in [1.82, 2.24) is 0 Å². The summed E-state index contributed by atoms with van der Waals surface area (Å²) in [7, 11) is 0. The monoisotopic (exact) mass is 329 g/mol. The molecule has 0 spiro atoms. The quantitative estimate of drug-likeness (QED) is 0.759. The molecule has 0 aliphatic heterocycles. The van der Waals surface area contributed by atoms with Gasteiger partial charge in [0.2, 0.25) is 0 Å². The second-order valence-corrected chi connectivity index (χ2v) is 6.01. The topological polar surface area (TPSA) is 56.2 Å². The minimum atomic E-state index is -1.04. The van der Waals surface area contributed by atoms with Gasteiger partial charge in [0.1, 0.15) is 11.3 Å². The van der Waals surface area contributed by atoms with Gasteiger partial charge in [-0.3, -0.25) is 4.79 Å². The maximum Gasteiger partial charge on any atom is 0.196 e. The minimum Gasteiger partial charge on any atom is -0.455 e. The third-order valence-corrected chi connectivity index (χ3v) is 4.08. The summed E-state index contributed by atoms with van der Waals surface area (Å²) in [6.45, 7) is 5.18. The summed E-state index contributed by atoms with van der Waals surface area (Å²) in [5.41, 5.74) is 7.70. The lowest BCUT2D eigenvalue weighted by atomic mass is 9.99. The van der Waals surface area contributed by atoms with Crippen LogP contribution in [0.5, 0.6) is 0 Å². The van der Waals surface area contributed by atoms with E-state index in [4.69, 9.17) is 10.2 Å². The van der Waals surface area contributed by atoms with Crippen LogP contribution in [0, 0.1) is 25.5 Å². The van der Waals surface area contributed by atoms with Gasteiger partial charge in [-0.15, -0.1) is 0 Å². The number of hydrogen-bond donors (Lipinski definition) is 1. The van der Waals surface area contributed by atoms with Crippen molar-refractivity contribution in [3.8, 4) is 11.3 Å². The van der Waals surface area contributed by atoms with E-state index in [9.17, 15) is 13.6 Å². The van der Waals surface area contributed by atoms with Crippen molar-refractivity contribution >= 4 is 11.0 Å². The van der Waals surface area contributed by atoms with Crippen LogP contribution < -0.4 is 11.2 Å². The Hall–Kier alpha value is -2.53. The number of fused-ring (bicyclic) bond motifs is 1. The largest absolute Gasteiger partial charge is 0.455 e. The van der Waals surface area contributed by atoms with E-state index in [0.717, 1.165) is 11.6 Å². The maximum absolute atomic E-state index is 14.2. The Morgan fingerprint density at radius 3 is 2.54 bits per heavy atom. The lowest BCUT2D eigenvalue weighted by Crippen LogP contribution is -2.12. The number of hydrogen-bond acceptors (Lipinski definition) is 3. The van der Waals surface area contributed by atoms with Crippen molar-refractivity contribution in [2.45, 2.75) is 26.8 Å². The molecular weight excluding hydrogens is 312 g/mol. The molecular formula is C19H17F2NO2. The van der Waals surface area contributed by atoms with Crippen LogP contribution in [0.4, 0.5) is 8.78 Å². The molecule has 2 N–H and O–H groups in total. The first-order chi connectivity index (χ1) is 11.3. The van der Waals surface area contributed by atoms with Gasteiger partial charge in [-0.05, 0) is 44.5 Å². The molecule has 0 aliphatic rings. The molecule has 0 aliphatic carbocycles. The van der Waals surface area contributed by atoms with Crippen molar-refractivity contribution in [2.75, 3.05) is 0 Å². The first-order valence-corrected chi connectivity index (χ1v) is 7.59. The molecule has 24 heavy (non-hydrogen) atoms. The Kier molecular flexibility index (Phi) is 3.97. The van der Waals surface area contributed by atoms with Crippen LogP contribution in [0.15, 0.2) is 39.5 Å². The summed E-state index contributed by atoms with van der Waals surface area (Å²) >= 11 is 0. The minimum absolute atomic E-state index is 0.0234. The smallest absolute Gasteiger partial charge is 0.196 e. The normalized spacial score (nSPS) is 12.6. The fraction of sp³-hybridized carbons (Fsp3) is 0.211. The Morgan fingerprint density at radius 2 is 1.88 bits per heavy atom. The molecule has 0 bridgehead atoms. The number of benzene rings is 2. The second-order valence-electron chi connectivity index (χ2n) is 6.01. The summed E-state index contributed by atoms with van der Waals surface area (Å²) in [6, 6.07) is 6.95. The van der Waals surface area contributed by atoms with Gasteiger partial charge in [-0.1, -0.05) is 12.1 Å². The Bertz CT molecular complexity index is 1010. The predicted molar refractivity (Wildman–Crippen MR) is 89.9 cm³/mol. The highest BCUT2D eigenvalue weighted by molar-refractivity contribution is 5.84. The number of halogens is 2. The lowest BCUT2D eigenvalue weighted by Gasteiger charge is -2.14. The third-order valence-electron chi connectivity index (χ3n) is 4.08.